The molecule has 1 aromatic rings. The number of nitrogens with one attached hydrogen (secondary N) is 1. The van der Waals surface area contributed by atoms with Crippen molar-refractivity contribution in [2.45, 2.75) is 31.2 Å². The minimum atomic E-state index is 0.442. The van der Waals surface area contributed by atoms with Crippen LogP contribution in [0.15, 0.2) is 29.2 Å². The van der Waals surface area contributed by atoms with Crippen molar-refractivity contribution in [2.75, 3.05) is 45.1 Å². The van der Waals surface area contributed by atoms with Gasteiger partial charge in [-0.3, -0.25) is 4.90 Å². The topological polar surface area (TPSA) is 24.5 Å². The van der Waals surface area contributed by atoms with E-state index in [1.54, 1.807) is 0 Å². The Balaban J connectivity index is 1.71. The molecule has 118 valence electrons. The molecule has 1 aromatic carbocycles. The molecular weight excluding hydrogens is 280 g/mol. The summed E-state index contributed by atoms with van der Waals surface area (Å²) in [6.07, 6.45) is 1.18. The fourth-order valence-corrected chi connectivity index (χ4v) is 3.36. The number of ether oxygens (including phenoxy) is 1. The Morgan fingerprint density at radius 2 is 1.95 bits per heavy atom. The van der Waals surface area contributed by atoms with Crippen molar-refractivity contribution in [3.63, 3.8) is 0 Å². The van der Waals surface area contributed by atoms with Gasteiger partial charge in [-0.15, -0.1) is 11.8 Å². The van der Waals surface area contributed by atoms with Crippen LogP contribution in [0.5, 0.6) is 0 Å². The van der Waals surface area contributed by atoms with Gasteiger partial charge in [-0.05, 0) is 37.6 Å². The van der Waals surface area contributed by atoms with Crippen LogP contribution in [0.3, 0.4) is 0 Å². The molecule has 1 N–H and O–H groups in total. The van der Waals surface area contributed by atoms with Crippen molar-refractivity contribution >= 4 is 11.8 Å². The summed E-state index contributed by atoms with van der Waals surface area (Å²) in [5.74, 6) is 1.16. The first-order valence-corrected chi connectivity index (χ1v) is 9.04. The van der Waals surface area contributed by atoms with Crippen molar-refractivity contribution in [1.29, 1.82) is 0 Å². The van der Waals surface area contributed by atoms with Gasteiger partial charge in [0.2, 0.25) is 0 Å². The van der Waals surface area contributed by atoms with Gasteiger partial charge in [-0.25, -0.2) is 0 Å². The van der Waals surface area contributed by atoms with E-state index in [1.165, 1.54) is 16.9 Å². The molecule has 4 heteroatoms. The first kappa shape index (κ1) is 16.8. The lowest BCUT2D eigenvalue weighted by atomic mass is 10.1. The van der Waals surface area contributed by atoms with Crippen molar-refractivity contribution in [2.24, 2.45) is 0 Å². The number of morpholine rings is 1. The molecule has 1 atom stereocenters. The van der Waals surface area contributed by atoms with Crippen molar-refractivity contribution in [3.05, 3.63) is 29.8 Å². The van der Waals surface area contributed by atoms with E-state index in [0.717, 1.165) is 45.1 Å². The molecular formula is C17H28N2OS. The SMILES string of the molecule is CCCNC(C)c1ccc(SCCN2CCOCC2)cc1. The molecule has 1 fully saturated rings. The van der Waals surface area contributed by atoms with Crippen LogP contribution in [0, 0.1) is 0 Å². The fourth-order valence-electron chi connectivity index (χ4n) is 2.45. The highest BCUT2D eigenvalue weighted by molar-refractivity contribution is 7.99. The first-order valence-electron chi connectivity index (χ1n) is 8.06. The number of thioether (sulfide) groups is 1. The number of hydrogen-bond donors (Lipinski definition) is 1. The van der Waals surface area contributed by atoms with Crippen molar-refractivity contribution in [1.82, 2.24) is 10.2 Å². The summed E-state index contributed by atoms with van der Waals surface area (Å²) >= 11 is 1.95. The first-order chi connectivity index (χ1) is 10.3. The summed E-state index contributed by atoms with van der Waals surface area (Å²) in [7, 11) is 0. The summed E-state index contributed by atoms with van der Waals surface area (Å²) in [5, 5.41) is 3.53. The van der Waals surface area contributed by atoms with E-state index in [4.69, 9.17) is 4.74 Å². The molecule has 21 heavy (non-hydrogen) atoms. The van der Waals surface area contributed by atoms with Gasteiger partial charge in [0.25, 0.3) is 0 Å². The minimum Gasteiger partial charge on any atom is -0.379 e. The van der Waals surface area contributed by atoms with Crippen LogP contribution in [0.4, 0.5) is 0 Å². The van der Waals surface area contributed by atoms with Gasteiger partial charge in [-0.1, -0.05) is 19.1 Å². The third-order valence-electron chi connectivity index (χ3n) is 3.86. The number of benzene rings is 1. The molecule has 0 aromatic heterocycles. The lowest BCUT2D eigenvalue weighted by molar-refractivity contribution is 0.0410. The van der Waals surface area contributed by atoms with Crippen LogP contribution in [0.25, 0.3) is 0 Å². The smallest absolute Gasteiger partial charge is 0.0594 e. The largest absolute Gasteiger partial charge is 0.379 e. The van der Waals surface area contributed by atoms with Crippen LogP contribution in [-0.2, 0) is 4.74 Å². The number of hydrogen-bond acceptors (Lipinski definition) is 4. The predicted molar refractivity (Wildman–Crippen MR) is 91.1 cm³/mol. The maximum Gasteiger partial charge on any atom is 0.0594 e. The Morgan fingerprint density at radius 1 is 1.24 bits per heavy atom. The second-order valence-corrected chi connectivity index (χ2v) is 6.72. The number of rotatable bonds is 8. The fraction of sp³-hybridized carbons (Fsp3) is 0.647. The van der Waals surface area contributed by atoms with Crippen molar-refractivity contribution in [3.8, 4) is 0 Å². The van der Waals surface area contributed by atoms with E-state index in [0.29, 0.717) is 6.04 Å². The summed E-state index contributed by atoms with van der Waals surface area (Å²) in [6.45, 7) is 10.6. The molecule has 0 radical (unpaired) electrons. The summed E-state index contributed by atoms with van der Waals surface area (Å²) in [5.41, 5.74) is 1.38. The molecule has 2 rings (SSSR count). The highest BCUT2D eigenvalue weighted by Crippen LogP contribution is 2.21. The quantitative estimate of drug-likeness (QED) is 0.746. The van der Waals surface area contributed by atoms with Gasteiger partial charge in [0, 0.05) is 36.3 Å². The van der Waals surface area contributed by atoms with Crippen molar-refractivity contribution < 1.29 is 4.74 Å². The number of nitrogens with zero attached hydrogens (tertiary/aromatic N) is 1. The van der Waals surface area contributed by atoms with Gasteiger partial charge in [0.15, 0.2) is 0 Å². The van der Waals surface area contributed by atoms with Crippen LogP contribution < -0.4 is 5.32 Å². The van der Waals surface area contributed by atoms with E-state index in [-0.39, 0.29) is 0 Å². The third-order valence-corrected chi connectivity index (χ3v) is 4.85. The molecule has 1 saturated heterocycles. The summed E-state index contributed by atoms with van der Waals surface area (Å²) < 4.78 is 5.37. The standard InChI is InChI=1S/C17H28N2OS/c1-3-8-18-15(2)16-4-6-17(7-5-16)21-14-11-19-9-12-20-13-10-19/h4-7,15,18H,3,8-14H2,1-2H3. The Labute approximate surface area is 133 Å². The van der Waals surface area contributed by atoms with Crippen LogP contribution in [0.2, 0.25) is 0 Å². The average molecular weight is 308 g/mol. The zero-order valence-corrected chi connectivity index (χ0v) is 14.1. The molecule has 1 aliphatic rings. The molecule has 0 amide bonds. The predicted octanol–water partition coefficient (Wildman–Crippen LogP) is 3.17. The molecule has 1 aliphatic heterocycles. The van der Waals surface area contributed by atoms with Gasteiger partial charge in [0.05, 0.1) is 13.2 Å². The zero-order valence-electron chi connectivity index (χ0n) is 13.3. The van der Waals surface area contributed by atoms with Crippen LogP contribution >= 0.6 is 11.8 Å². The lowest BCUT2D eigenvalue weighted by Crippen LogP contribution is -2.37. The highest BCUT2D eigenvalue weighted by atomic mass is 32.2. The molecule has 1 heterocycles. The van der Waals surface area contributed by atoms with Gasteiger partial charge in [-0.2, -0.15) is 0 Å². The maximum atomic E-state index is 5.37. The second-order valence-electron chi connectivity index (χ2n) is 5.55. The Kier molecular flexibility index (Phi) is 7.58. The van der Waals surface area contributed by atoms with E-state index in [2.05, 4.69) is 48.3 Å². The van der Waals surface area contributed by atoms with E-state index < -0.39 is 0 Å². The third kappa shape index (κ3) is 5.99. The molecule has 0 saturated carbocycles. The molecule has 0 aliphatic carbocycles. The Hall–Kier alpha value is -0.550. The Morgan fingerprint density at radius 3 is 2.62 bits per heavy atom. The lowest BCUT2D eigenvalue weighted by Gasteiger charge is -2.26. The van der Waals surface area contributed by atoms with E-state index in [9.17, 15) is 0 Å². The summed E-state index contributed by atoms with van der Waals surface area (Å²) in [4.78, 5) is 3.86. The van der Waals surface area contributed by atoms with Crippen LogP contribution in [-0.4, -0.2) is 50.0 Å². The molecule has 0 bridgehead atoms. The zero-order chi connectivity index (χ0) is 14.9. The van der Waals surface area contributed by atoms with Crippen LogP contribution in [0.1, 0.15) is 31.9 Å². The maximum absolute atomic E-state index is 5.37. The molecule has 3 nitrogen and oxygen atoms in total. The normalized spacial score (nSPS) is 17.8. The second kappa shape index (κ2) is 9.46. The molecule has 0 spiro atoms. The monoisotopic (exact) mass is 308 g/mol. The average Bonchev–Trinajstić information content (AvgIpc) is 2.54. The summed E-state index contributed by atoms with van der Waals surface area (Å²) in [6, 6.07) is 9.46. The highest BCUT2D eigenvalue weighted by Gasteiger charge is 2.09. The minimum absolute atomic E-state index is 0.442. The Bertz CT molecular complexity index is 390. The van der Waals surface area contributed by atoms with E-state index >= 15 is 0 Å². The van der Waals surface area contributed by atoms with Gasteiger partial charge >= 0.3 is 0 Å². The van der Waals surface area contributed by atoms with E-state index in [1.807, 2.05) is 11.8 Å². The van der Waals surface area contributed by atoms with Gasteiger partial charge < -0.3 is 10.1 Å². The van der Waals surface area contributed by atoms with Gasteiger partial charge in [0.1, 0.15) is 0 Å². The molecule has 1 unspecified atom stereocenters.